The van der Waals surface area contributed by atoms with Crippen molar-refractivity contribution in [2.45, 2.75) is 44.6 Å². The van der Waals surface area contributed by atoms with Crippen LogP contribution in [-0.4, -0.2) is 13.1 Å². The first-order chi connectivity index (χ1) is 8.69. The van der Waals surface area contributed by atoms with Crippen molar-refractivity contribution in [1.82, 2.24) is 5.32 Å². The highest BCUT2D eigenvalue weighted by Crippen LogP contribution is 2.28. The third kappa shape index (κ3) is 3.52. The molecule has 1 aromatic carbocycles. The van der Waals surface area contributed by atoms with Gasteiger partial charge in [-0.05, 0) is 75.3 Å². The van der Waals surface area contributed by atoms with Crippen LogP contribution in [0.3, 0.4) is 0 Å². The molecule has 2 rings (SSSR count). The van der Waals surface area contributed by atoms with Crippen molar-refractivity contribution < 1.29 is 8.78 Å². The fourth-order valence-corrected chi connectivity index (χ4v) is 2.83. The highest BCUT2D eigenvalue weighted by atomic mass is 19.1. The Bertz CT molecular complexity index is 384. The van der Waals surface area contributed by atoms with Gasteiger partial charge in [0.05, 0.1) is 0 Å². The van der Waals surface area contributed by atoms with E-state index < -0.39 is 0 Å². The summed E-state index contributed by atoms with van der Waals surface area (Å²) in [5.41, 5.74) is 0.519. The van der Waals surface area contributed by atoms with Crippen molar-refractivity contribution in [3.8, 4) is 0 Å². The molecule has 1 N–H and O–H groups in total. The van der Waals surface area contributed by atoms with Crippen LogP contribution in [0.25, 0.3) is 0 Å². The van der Waals surface area contributed by atoms with Crippen molar-refractivity contribution in [1.29, 1.82) is 0 Å². The van der Waals surface area contributed by atoms with Crippen LogP contribution in [0.4, 0.5) is 8.78 Å². The summed E-state index contributed by atoms with van der Waals surface area (Å²) in [4.78, 5) is 0. The molecule has 1 aromatic rings. The van der Waals surface area contributed by atoms with Gasteiger partial charge in [0.15, 0.2) is 0 Å². The van der Waals surface area contributed by atoms with Crippen LogP contribution in [0.1, 0.15) is 37.7 Å². The monoisotopic (exact) mass is 253 g/mol. The Balaban J connectivity index is 1.83. The van der Waals surface area contributed by atoms with Crippen molar-refractivity contribution in [2.24, 2.45) is 5.92 Å². The molecule has 3 heteroatoms. The third-order valence-electron chi connectivity index (χ3n) is 4.08. The van der Waals surface area contributed by atoms with E-state index in [4.69, 9.17) is 0 Å². The second kappa shape index (κ2) is 6.28. The molecule has 1 nitrogen and oxygen atoms in total. The lowest BCUT2D eigenvalue weighted by Crippen LogP contribution is -2.30. The van der Waals surface area contributed by atoms with Gasteiger partial charge in [-0.25, -0.2) is 8.78 Å². The largest absolute Gasteiger partial charge is 0.317 e. The van der Waals surface area contributed by atoms with Gasteiger partial charge in [0.25, 0.3) is 0 Å². The Kier molecular flexibility index (Phi) is 4.70. The van der Waals surface area contributed by atoms with Crippen molar-refractivity contribution in [3.63, 3.8) is 0 Å². The molecular formula is C15H21F2N. The standard InChI is InChI=1S/C15H21F2N/c1-18-14-7-3-11(4-8-14)2-5-12-10-13(16)6-9-15(12)17/h6,9-11,14,18H,2-5,7-8H2,1H3. The minimum Gasteiger partial charge on any atom is -0.317 e. The minimum absolute atomic E-state index is 0.277. The van der Waals surface area contributed by atoms with E-state index in [1.165, 1.54) is 43.9 Å². The molecule has 0 heterocycles. The van der Waals surface area contributed by atoms with Gasteiger partial charge in [-0.15, -0.1) is 0 Å². The molecule has 1 aliphatic carbocycles. The maximum absolute atomic E-state index is 13.5. The lowest BCUT2D eigenvalue weighted by atomic mass is 9.83. The summed E-state index contributed by atoms with van der Waals surface area (Å²) in [7, 11) is 2.01. The normalized spacial score (nSPS) is 24.2. The van der Waals surface area contributed by atoms with E-state index >= 15 is 0 Å². The SMILES string of the molecule is CNC1CCC(CCc2cc(F)ccc2F)CC1. The number of benzene rings is 1. The van der Waals surface area contributed by atoms with Crippen LogP contribution >= 0.6 is 0 Å². The number of nitrogens with one attached hydrogen (secondary N) is 1. The quantitative estimate of drug-likeness (QED) is 0.863. The van der Waals surface area contributed by atoms with Gasteiger partial charge < -0.3 is 5.32 Å². The predicted octanol–water partition coefficient (Wildman–Crippen LogP) is 3.68. The first-order valence-corrected chi connectivity index (χ1v) is 6.80. The molecule has 1 saturated carbocycles. The Morgan fingerprint density at radius 2 is 1.89 bits per heavy atom. The zero-order valence-corrected chi connectivity index (χ0v) is 10.9. The first-order valence-electron chi connectivity index (χ1n) is 6.80. The van der Waals surface area contributed by atoms with E-state index in [2.05, 4.69) is 5.32 Å². The van der Waals surface area contributed by atoms with Crippen LogP contribution in [0.15, 0.2) is 18.2 Å². The lowest BCUT2D eigenvalue weighted by molar-refractivity contribution is 0.288. The van der Waals surface area contributed by atoms with E-state index in [1.54, 1.807) is 0 Å². The molecule has 18 heavy (non-hydrogen) atoms. The van der Waals surface area contributed by atoms with Gasteiger partial charge in [-0.2, -0.15) is 0 Å². The number of halogens is 2. The van der Waals surface area contributed by atoms with E-state index in [0.717, 1.165) is 6.42 Å². The lowest BCUT2D eigenvalue weighted by Gasteiger charge is -2.28. The topological polar surface area (TPSA) is 12.0 Å². The average Bonchev–Trinajstić information content (AvgIpc) is 2.40. The van der Waals surface area contributed by atoms with Crippen LogP contribution in [0.5, 0.6) is 0 Å². The molecule has 0 spiro atoms. The summed E-state index contributed by atoms with van der Waals surface area (Å²) >= 11 is 0. The van der Waals surface area contributed by atoms with Crippen molar-refractivity contribution in [2.75, 3.05) is 7.05 Å². The molecule has 1 aliphatic rings. The van der Waals surface area contributed by atoms with Crippen LogP contribution in [-0.2, 0) is 6.42 Å². The summed E-state index contributed by atoms with van der Waals surface area (Å²) in [6.07, 6.45) is 6.42. The molecule has 1 fully saturated rings. The minimum atomic E-state index is -0.342. The van der Waals surface area contributed by atoms with E-state index in [-0.39, 0.29) is 11.6 Å². The molecule has 100 valence electrons. The highest BCUT2D eigenvalue weighted by Gasteiger charge is 2.20. The maximum atomic E-state index is 13.5. The first kappa shape index (κ1) is 13.5. The van der Waals surface area contributed by atoms with E-state index in [0.29, 0.717) is 23.9 Å². The second-order valence-electron chi connectivity index (χ2n) is 5.28. The Morgan fingerprint density at radius 3 is 2.56 bits per heavy atom. The number of aryl methyl sites for hydroxylation is 1. The molecule has 0 saturated heterocycles. The Morgan fingerprint density at radius 1 is 1.17 bits per heavy atom. The smallest absolute Gasteiger partial charge is 0.126 e. The Labute approximate surface area is 108 Å². The van der Waals surface area contributed by atoms with Crippen molar-refractivity contribution in [3.05, 3.63) is 35.4 Å². The highest BCUT2D eigenvalue weighted by molar-refractivity contribution is 5.18. The fourth-order valence-electron chi connectivity index (χ4n) is 2.83. The number of rotatable bonds is 4. The molecule has 0 radical (unpaired) electrons. The van der Waals surface area contributed by atoms with Gasteiger partial charge in [0.2, 0.25) is 0 Å². The molecule has 0 amide bonds. The number of hydrogen-bond acceptors (Lipinski definition) is 1. The fraction of sp³-hybridized carbons (Fsp3) is 0.600. The van der Waals surface area contributed by atoms with Gasteiger partial charge in [-0.1, -0.05) is 0 Å². The molecule has 0 bridgehead atoms. The summed E-state index contributed by atoms with van der Waals surface area (Å²) in [5, 5.41) is 3.31. The Hall–Kier alpha value is -0.960. The van der Waals surface area contributed by atoms with Crippen LogP contribution in [0, 0.1) is 17.6 Å². The molecule has 0 aliphatic heterocycles. The maximum Gasteiger partial charge on any atom is 0.126 e. The second-order valence-corrected chi connectivity index (χ2v) is 5.28. The summed E-state index contributed by atoms with van der Waals surface area (Å²) in [5.74, 6) is 0.0443. The predicted molar refractivity (Wildman–Crippen MR) is 69.5 cm³/mol. The molecule has 0 unspecified atom stereocenters. The number of hydrogen-bond donors (Lipinski definition) is 1. The molecular weight excluding hydrogens is 232 g/mol. The van der Waals surface area contributed by atoms with Gasteiger partial charge in [-0.3, -0.25) is 0 Å². The third-order valence-corrected chi connectivity index (χ3v) is 4.08. The molecule has 0 atom stereocenters. The summed E-state index contributed by atoms with van der Waals surface area (Å²) in [6.45, 7) is 0. The van der Waals surface area contributed by atoms with Gasteiger partial charge in [0.1, 0.15) is 11.6 Å². The van der Waals surface area contributed by atoms with E-state index in [1.807, 2.05) is 7.05 Å². The summed E-state index contributed by atoms with van der Waals surface area (Å²) in [6, 6.07) is 4.38. The summed E-state index contributed by atoms with van der Waals surface area (Å²) < 4.78 is 26.5. The van der Waals surface area contributed by atoms with Gasteiger partial charge >= 0.3 is 0 Å². The zero-order chi connectivity index (χ0) is 13.0. The average molecular weight is 253 g/mol. The van der Waals surface area contributed by atoms with Crippen LogP contribution < -0.4 is 5.32 Å². The van der Waals surface area contributed by atoms with Crippen molar-refractivity contribution >= 4 is 0 Å². The molecule has 0 aromatic heterocycles. The van der Waals surface area contributed by atoms with Gasteiger partial charge in [0, 0.05) is 6.04 Å². The zero-order valence-electron chi connectivity index (χ0n) is 10.9. The van der Waals surface area contributed by atoms with Crippen LogP contribution in [0.2, 0.25) is 0 Å². The van der Waals surface area contributed by atoms with E-state index in [9.17, 15) is 8.78 Å².